The summed E-state index contributed by atoms with van der Waals surface area (Å²) in [5.74, 6) is 1.66. The molecule has 2 aromatic rings. The molecule has 1 aromatic carbocycles. The molecule has 1 atom stereocenters. The Labute approximate surface area is 138 Å². The minimum Gasteiger partial charge on any atom is -0.394 e. The first-order valence-corrected chi connectivity index (χ1v) is 8.16. The SMILES string of the molecule is C[C@H](CO)Nc1cc(N2CCc3cc(Br)ccc3C2)ncn1. The van der Waals surface area contributed by atoms with Crippen LogP contribution in [0, 0.1) is 0 Å². The van der Waals surface area contributed by atoms with Crippen molar-refractivity contribution in [1.82, 2.24) is 9.97 Å². The number of aromatic nitrogens is 2. The molecule has 116 valence electrons. The van der Waals surface area contributed by atoms with Crippen molar-refractivity contribution in [3.8, 4) is 0 Å². The lowest BCUT2D eigenvalue weighted by atomic mass is 10.00. The average Bonchev–Trinajstić information content (AvgIpc) is 2.54. The van der Waals surface area contributed by atoms with Crippen LogP contribution in [0.2, 0.25) is 0 Å². The molecule has 3 rings (SSSR count). The zero-order valence-electron chi connectivity index (χ0n) is 12.5. The Bertz CT molecular complexity index is 664. The third-order valence-corrected chi connectivity index (χ3v) is 4.32. The van der Waals surface area contributed by atoms with Crippen LogP contribution in [0.1, 0.15) is 18.1 Å². The van der Waals surface area contributed by atoms with Crippen LogP contribution in [-0.4, -0.2) is 34.3 Å². The van der Waals surface area contributed by atoms with Gasteiger partial charge in [0, 0.05) is 29.7 Å². The summed E-state index contributed by atoms with van der Waals surface area (Å²) in [7, 11) is 0. The number of aliphatic hydroxyl groups excluding tert-OH is 1. The highest BCUT2D eigenvalue weighted by Gasteiger charge is 2.18. The average molecular weight is 363 g/mol. The third kappa shape index (κ3) is 3.39. The highest BCUT2D eigenvalue weighted by Crippen LogP contribution is 2.26. The van der Waals surface area contributed by atoms with E-state index in [1.807, 2.05) is 13.0 Å². The summed E-state index contributed by atoms with van der Waals surface area (Å²) < 4.78 is 1.13. The predicted molar refractivity (Wildman–Crippen MR) is 91.1 cm³/mol. The van der Waals surface area contributed by atoms with E-state index in [0.717, 1.165) is 35.6 Å². The Morgan fingerprint density at radius 3 is 3.00 bits per heavy atom. The van der Waals surface area contributed by atoms with E-state index in [4.69, 9.17) is 5.11 Å². The van der Waals surface area contributed by atoms with Gasteiger partial charge in [-0.1, -0.05) is 22.0 Å². The minimum atomic E-state index is -0.0258. The molecule has 1 aliphatic heterocycles. The molecule has 2 N–H and O–H groups in total. The van der Waals surface area contributed by atoms with Crippen molar-refractivity contribution < 1.29 is 5.11 Å². The number of halogens is 1. The minimum absolute atomic E-state index is 0.0258. The van der Waals surface area contributed by atoms with Crippen molar-refractivity contribution in [3.05, 3.63) is 46.2 Å². The van der Waals surface area contributed by atoms with E-state index in [1.54, 1.807) is 6.33 Å². The number of fused-ring (bicyclic) bond motifs is 1. The first-order chi connectivity index (χ1) is 10.7. The molecule has 5 nitrogen and oxygen atoms in total. The van der Waals surface area contributed by atoms with Gasteiger partial charge in [0.1, 0.15) is 18.0 Å². The molecule has 22 heavy (non-hydrogen) atoms. The molecular weight excluding hydrogens is 344 g/mol. The van der Waals surface area contributed by atoms with Gasteiger partial charge in [0.25, 0.3) is 0 Å². The molecule has 1 aromatic heterocycles. The normalized spacial score (nSPS) is 15.3. The number of hydrogen-bond donors (Lipinski definition) is 2. The first-order valence-electron chi connectivity index (χ1n) is 7.37. The largest absolute Gasteiger partial charge is 0.394 e. The summed E-state index contributed by atoms with van der Waals surface area (Å²) in [6.45, 7) is 3.78. The number of benzene rings is 1. The Balaban J connectivity index is 1.78. The number of aliphatic hydroxyl groups is 1. The molecule has 0 bridgehead atoms. The molecule has 0 amide bonds. The van der Waals surface area contributed by atoms with E-state index in [1.165, 1.54) is 11.1 Å². The van der Waals surface area contributed by atoms with Crippen molar-refractivity contribution in [3.63, 3.8) is 0 Å². The Hall–Kier alpha value is -1.66. The summed E-state index contributed by atoms with van der Waals surface area (Å²) in [5.41, 5.74) is 2.73. The smallest absolute Gasteiger partial charge is 0.134 e. The van der Waals surface area contributed by atoms with Crippen LogP contribution in [-0.2, 0) is 13.0 Å². The highest BCUT2D eigenvalue weighted by molar-refractivity contribution is 9.10. The van der Waals surface area contributed by atoms with Crippen LogP contribution in [0.15, 0.2) is 35.1 Å². The van der Waals surface area contributed by atoms with Gasteiger partial charge in [-0.2, -0.15) is 0 Å². The van der Waals surface area contributed by atoms with Crippen LogP contribution >= 0.6 is 15.9 Å². The van der Waals surface area contributed by atoms with Crippen molar-refractivity contribution in [1.29, 1.82) is 0 Å². The van der Waals surface area contributed by atoms with E-state index in [0.29, 0.717) is 0 Å². The summed E-state index contributed by atoms with van der Waals surface area (Å²) in [4.78, 5) is 10.9. The van der Waals surface area contributed by atoms with Gasteiger partial charge in [0.05, 0.1) is 6.61 Å². The lowest BCUT2D eigenvalue weighted by Gasteiger charge is -2.30. The van der Waals surface area contributed by atoms with E-state index in [-0.39, 0.29) is 12.6 Å². The summed E-state index contributed by atoms with van der Waals surface area (Å²) in [5, 5.41) is 12.3. The third-order valence-electron chi connectivity index (χ3n) is 3.83. The quantitative estimate of drug-likeness (QED) is 0.875. The highest BCUT2D eigenvalue weighted by atomic mass is 79.9. The maximum absolute atomic E-state index is 9.13. The van der Waals surface area contributed by atoms with Crippen LogP contribution < -0.4 is 10.2 Å². The molecule has 0 saturated heterocycles. The van der Waals surface area contributed by atoms with Gasteiger partial charge in [-0.3, -0.25) is 0 Å². The molecule has 1 aliphatic rings. The summed E-state index contributed by atoms with van der Waals surface area (Å²) >= 11 is 3.53. The van der Waals surface area contributed by atoms with Gasteiger partial charge in [-0.25, -0.2) is 9.97 Å². The molecule has 0 spiro atoms. The second kappa shape index (κ2) is 6.62. The van der Waals surface area contributed by atoms with Crippen molar-refractivity contribution in [2.45, 2.75) is 25.9 Å². The van der Waals surface area contributed by atoms with Crippen LogP contribution in [0.25, 0.3) is 0 Å². The van der Waals surface area contributed by atoms with Gasteiger partial charge >= 0.3 is 0 Å². The van der Waals surface area contributed by atoms with Crippen LogP contribution in [0.3, 0.4) is 0 Å². The van der Waals surface area contributed by atoms with Crippen LogP contribution in [0.5, 0.6) is 0 Å². The molecule has 0 unspecified atom stereocenters. The first kappa shape index (κ1) is 15.2. The van der Waals surface area contributed by atoms with Gasteiger partial charge < -0.3 is 15.3 Å². The monoisotopic (exact) mass is 362 g/mol. The number of rotatable bonds is 4. The topological polar surface area (TPSA) is 61.3 Å². The molecule has 6 heteroatoms. The van der Waals surface area contributed by atoms with Gasteiger partial charge in [0.15, 0.2) is 0 Å². The van der Waals surface area contributed by atoms with Gasteiger partial charge in [-0.05, 0) is 36.6 Å². The molecule has 0 saturated carbocycles. The second-order valence-electron chi connectivity index (χ2n) is 5.57. The van der Waals surface area contributed by atoms with Crippen LogP contribution in [0.4, 0.5) is 11.6 Å². The zero-order valence-corrected chi connectivity index (χ0v) is 14.0. The van der Waals surface area contributed by atoms with Crippen molar-refractivity contribution in [2.75, 3.05) is 23.4 Å². The van der Waals surface area contributed by atoms with E-state index >= 15 is 0 Å². The summed E-state index contributed by atoms with van der Waals surface area (Å²) in [6.07, 6.45) is 2.58. The standard InChI is InChI=1S/C16H19BrN4O/c1-11(9-22)20-15-7-16(19-10-18-15)21-5-4-12-6-14(17)3-2-13(12)8-21/h2-3,6-7,10-11,22H,4-5,8-9H2,1H3,(H,18,19,20)/t11-/m1/s1. The second-order valence-corrected chi connectivity index (χ2v) is 6.49. The maximum Gasteiger partial charge on any atom is 0.134 e. The molecule has 0 radical (unpaired) electrons. The number of hydrogen-bond acceptors (Lipinski definition) is 5. The predicted octanol–water partition coefficient (Wildman–Crippen LogP) is 2.59. The molecule has 0 aliphatic carbocycles. The van der Waals surface area contributed by atoms with Crippen molar-refractivity contribution in [2.24, 2.45) is 0 Å². The Morgan fingerprint density at radius 2 is 2.18 bits per heavy atom. The van der Waals surface area contributed by atoms with E-state index in [9.17, 15) is 0 Å². The number of anilines is 2. The summed E-state index contributed by atoms with van der Waals surface area (Å²) in [6, 6.07) is 8.36. The Morgan fingerprint density at radius 1 is 1.32 bits per heavy atom. The maximum atomic E-state index is 9.13. The number of nitrogens with zero attached hydrogens (tertiary/aromatic N) is 3. The molecule has 2 heterocycles. The van der Waals surface area contributed by atoms with E-state index in [2.05, 4.69) is 54.3 Å². The fourth-order valence-corrected chi connectivity index (χ4v) is 3.02. The van der Waals surface area contributed by atoms with E-state index < -0.39 is 0 Å². The fraction of sp³-hybridized carbons (Fsp3) is 0.375. The lowest BCUT2D eigenvalue weighted by molar-refractivity contribution is 0.281. The molecule has 0 fully saturated rings. The van der Waals surface area contributed by atoms with Gasteiger partial charge in [0.2, 0.25) is 0 Å². The lowest BCUT2D eigenvalue weighted by Crippen LogP contribution is -2.31. The number of nitrogens with one attached hydrogen (secondary N) is 1. The molecular formula is C16H19BrN4O. The van der Waals surface area contributed by atoms with Gasteiger partial charge in [-0.15, -0.1) is 0 Å². The van der Waals surface area contributed by atoms with Crippen molar-refractivity contribution >= 4 is 27.6 Å². The Kier molecular flexibility index (Phi) is 4.59. The fourth-order valence-electron chi connectivity index (χ4n) is 2.61. The zero-order chi connectivity index (χ0) is 15.5.